The maximum Gasteiger partial charge on any atom is 0.268 e. The molecule has 0 N–H and O–H groups in total. The third-order valence-electron chi connectivity index (χ3n) is 5.47. The topological polar surface area (TPSA) is 39.1 Å². The summed E-state index contributed by atoms with van der Waals surface area (Å²) in [7, 11) is -1.70. The second kappa shape index (κ2) is 6.62. The van der Waals surface area contributed by atoms with Crippen molar-refractivity contribution in [3.05, 3.63) is 59.5 Å². The van der Waals surface area contributed by atoms with Gasteiger partial charge in [-0.05, 0) is 61.7 Å². The van der Waals surface area contributed by atoms with Gasteiger partial charge in [-0.25, -0.2) is 16.8 Å². The summed E-state index contributed by atoms with van der Waals surface area (Å²) in [6.07, 6.45) is 5.12. The summed E-state index contributed by atoms with van der Waals surface area (Å²) in [5.41, 5.74) is 1.54. The minimum Gasteiger partial charge on any atom is -0.292 e. The summed E-state index contributed by atoms with van der Waals surface area (Å²) in [6.45, 7) is 1.92. The number of hydrogen-bond acceptors (Lipinski definition) is 2. The van der Waals surface area contributed by atoms with E-state index in [4.69, 9.17) is 11.6 Å². The van der Waals surface area contributed by atoms with Crippen LogP contribution in [-0.4, -0.2) is 32.5 Å². The molecule has 0 unspecified atom stereocenters. The van der Waals surface area contributed by atoms with E-state index >= 15 is 0 Å². The lowest BCUT2D eigenvalue weighted by Gasteiger charge is -2.36. The Morgan fingerprint density at radius 2 is 1.70 bits per heavy atom. The van der Waals surface area contributed by atoms with E-state index < -0.39 is 15.8 Å². The standard InChI is InChI=1S/C20H21ClFN2O2S/c1-24(11-3-2-4-12-24)20-14-23(19-10-5-15(21)13-18(19)20)27(25,26)17-8-6-16(22)7-9-17/h5-10,13-14H,2-4,11-12H2,1H3/q+1. The molecule has 7 heteroatoms. The first-order chi connectivity index (χ1) is 12.8. The Balaban J connectivity index is 1.95. The fourth-order valence-corrected chi connectivity index (χ4v) is 5.49. The second-order valence-corrected chi connectivity index (χ2v) is 9.59. The third-order valence-corrected chi connectivity index (χ3v) is 7.39. The molecule has 4 rings (SSSR count). The minimum absolute atomic E-state index is 0.0589. The van der Waals surface area contributed by atoms with E-state index in [1.54, 1.807) is 18.3 Å². The monoisotopic (exact) mass is 407 g/mol. The molecule has 27 heavy (non-hydrogen) atoms. The Morgan fingerprint density at radius 1 is 1.04 bits per heavy atom. The molecule has 0 bridgehead atoms. The van der Waals surface area contributed by atoms with Crippen molar-refractivity contribution in [3.63, 3.8) is 0 Å². The lowest BCUT2D eigenvalue weighted by atomic mass is 10.1. The summed E-state index contributed by atoms with van der Waals surface area (Å²) >= 11 is 6.23. The molecule has 2 aromatic carbocycles. The third kappa shape index (κ3) is 3.16. The number of benzene rings is 2. The SMILES string of the molecule is C[N+]1(c2cn(S(=O)(=O)c3ccc(F)cc3)c3ccc(Cl)cc23)CCCCC1. The minimum atomic E-state index is -3.84. The van der Waals surface area contributed by atoms with Crippen molar-refractivity contribution in [1.29, 1.82) is 0 Å². The molecule has 0 amide bonds. The van der Waals surface area contributed by atoms with Crippen LogP contribution in [0.5, 0.6) is 0 Å². The van der Waals surface area contributed by atoms with E-state index in [1.807, 2.05) is 6.07 Å². The second-order valence-electron chi connectivity index (χ2n) is 7.33. The summed E-state index contributed by atoms with van der Waals surface area (Å²) in [4.78, 5) is 0.0589. The number of fused-ring (bicyclic) bond motifs is 1. The fourth-order valence-electron chi connectivity index (χ4n) is 3.96. The molecule has 0 aliphatic carbocycles. The fraction of sp³-hybridized carbons (Fsp3) is 0.300. The average molecular weight is 408 g/mol. The molecule has 3 aromatic rings. The van der Waals surface area contributed by atoms with Crippen molar-refractivity contribution in [2.45, 2.75) is 24.2 Å². The molecule has 0 atom stereocenters. The quantitative estimate of drug-likeness (QED) is 0.585. The molecule has 0 radical (unpaired) electrons. The van der Waals surface area contributed by atoms with Gasteiger partial charge in [-0.15, -0.1) is 0 Å². The highest BCUT2D eigenvalue weighted by Gasteiger charge is 2.33. The van der Waals surface area contributed by atoms with Crippen LogP contribution in [-0.2, 0) is 10.0 Å². The molecule has 1 aromatic heterocycles. The lowest BCUT2D eigenvalue weighted by molar-refractivity contribution is 0.276. The van der Waals surface area contributed by atoms with E-state index in [0.717, 1.165) is 49.1 Å². The molecule has 142 valence electrons. The van der Waals surface area contributed by atoms with Gasteiger partial charge < -0.3 is 0 Å². The van der Waals surface area contributed by atoms with Crippen LogP contribution in [0.4, 0.5) is 10.1 Å². The number of piperidine rings is 1. The number of likely N-dealkylation sites (tertiary alicyclic amines) is 1. The Morgan fingerprint density at radius 3 is 2.37 bits per heavy atom. The highest BCUT2D eigenvalue weighted by Crippen LogP contribution is 2.38. The van der Waals surface area contributed by atoms with Gasteiger partial charge in [0.15, 0.2) is 5.69 Å². The van der Waals surface area contributed by atoms with E-state index in [1.165, 1.54) is 22.5 Å². The van der Waals surface area contributed by atoms with Crippen LogP contribution in [0.25, 0.3) is 10.9 Å². The maximum atomic E-state index is 13.3. The summed E-state index contributed by atoms with van der Waals surface area (Å²) in [5.74, 6) is -0.467. The highest BCUT2D eigenvalue weighted by atomic mass is 35.5. The summed E-state index contributed by atoms with van der Waals surface area (Å²) in [6, 6.07) is 10.2. The Kier molecular flexibility index (Phi) is 4.53. The molecule has 4 nitrogen and oxygen atoms in total. The number of halogens is 2. The van der Waals surface area contributed by atoms with E-state index in [9.17, 15) is 12.8 Å². The van der Waals surface area contributed by atoms with Gasteiger partial charge in [0, 0.05) is 5.02 Å². The summed E-state index contributed by atoms with van der Waals surface area (Å²) in [5, 5.41) is 1.42. The average Bonchev–Trinajstić information content (AvgIpc) is 3.03. The summed E-state index contributed by atoms with van der Waals surface area (Å²) < 4.78 is 41.7. The van der Waals surface area contributed by atoms with Gasteiger partial charge in [0.25, 0.3) is 10.0 Å². The van der Waals surface area contributed by atoms with E-state index in [0.29, 0.717) is 15.0 Å². The first-order valence-corrected chi connectivity index (χ1v) is 10.8. The van der Waals surface area contributed by atoms with Crippen LogP contribution in [0.15, 0.2) is 53.6 Å². The van der Waals surface area contributed by atoms with Gasteiger partial charge in [-0.3, -0.25) is 4.48 Å². The molecule has 1 saturated heterocycles. The van der Waals surface area contributed by atoms with Crippen LogP contribution in [0.1, 0.15) is 19.3 Å². The zero-order valence-electron chi connectivity index (χ0n) is 15.0. The van der Waals surface area contributed by atoms with Gasteiger partial charge in [-0.1, -0.05) is 11.6 Å². The van der Waals surface area contributed by atoms with Crippen molar-refractivity contribution in [2.24, 2.45) is 0 Å². The van der Waals surface area contributed by atoms with Crippen LogP contribution in [0, 0.1) is 5.82 Å². The Bertz CT molecular complexity index is 1100. The molecule has 1 aliphatic heterocycles. The van der Waals surface area contributed by atoms with Gasteiger partial charge >= 0.3 is 0 Å². The first-order valence-electron chi connectivity index (χ1n) is 8.98. The van der Waals surface area contributed by atoms with E-state index in [2.05, 4.69) is 7.05 Å². The van der Waals surface area contributed by atoms with Crippen LogP contribution in [0.3, 0.4) is 0 Å². The van der Waals surface area contributed by atoms with Crippen LogP contribution >= 0.6 is 11.6 Å². The van der Waals surface area contributed by atoms with Gasteiger partial charge in [0.1, 0.15) is 5.82 Å². The molecular formula is C20H21ClFN2O2S+. The van der Waals surface area contributed by atoms with Gasteiger partial charge in [0.05, 0.1) is 42.1 Å². The zero-order valence-corrected chi connectivity index (χ0v) is 16.6. The lowest BCUT2D eigenvalue weighted by Crippen LogP contribution is -2.48. The van der Waals surface area contributed by atoms with Crippen molar-refractivity contribution in [1.82, 2.24) is 8.46 Å². The normalized spacial score (nSPS) is 17.3. The first kappa shape index (κ1) is 18.5. The van der Waals surface area contributed by atoms with Crippen molar-refractivity contribution in [2.75, 3.05) is 20.1 Å². The van der Waals surface area contributed by atoms with Crippen molar-refractivity contribution >= 4 is 38.2 Å². The van der Waals surface area contributed by atoms with Crippen molar-refractivity contribution < 1.29 is 12.8 Å². The number of quaternary nitrogens is 1. The van der Waals surface area contributed by atoms with Crippen LogP contribution < -0.4 is 4.48 Å². The molecular weight excluding hydrogens is 387 g/mol. The zero-order chi connectivity index (χ0) is 19.2. The Labute approximate surface area is 163 Å². The molecule has 1 aliphatic rings. The van der Waals surface area contributed by atoms with E-state index in [-0.39, 0.29) is 4.90 Å². The number of rotatable bonds is 3. The molecule has 0 spiro atoms. The molecule has 2 heterocycles. The van der Waals surface area contributed by atoms with Crippen LogP contribution in [0.2, 0.25) is 5.02 Å². The van der Waals surface area contributed by atoms with Crippen molar-refractivity contribution in [3.8, 4) is 0 Å². The largest absolute Gasteiger partial charge is 0.292 e. The predicted molar refractivity (Wildman–Crippen MR) is 107 cm³/mol. The molecule has 1 fully saturated rings. The number of aromatic nitrogens is 1. The number of nitrogens with zero attached hydrogens (tertiary/aromatic N) is 2. The number of hydrogen-bond donors (Lipinski definition) is 0. The molecule has 0 saturated carbocycles. The predicted octanol–water partition coefficient (Wildman–Crippen LogP) is 4.79. The van der Waals surface area contributed by atoms with Gasteiger partial charge in [0.2, 0.25) is 0 Å². The highest BCUT2D eigenvalue weighted by molar-refractivity contribution is 7.90. The smallest absolute Gasteiger partial charge is 0.268 e. The maximum absolute atomic E-state index is 13.3. The van der Waals surface area contributed by atoms with Gasteiger partial charge in [-0.2, -0.15) is 0 Å². The Hall–Kier alpha value is -1.89.